The van der Waals surface area contributed by atoms with Gasteiger partial charge in [0.15, 0.2) is 0 Å². The smallest absolute Gasteiger partial charge is 0.271 e. The maximum absolute atomic E-state index is 12.4. The van der Waals surface area contributed by atoms with Crippen LogP contribution in [0.3, 0.4) is 0 Å². The first-order valence-electron chi connectivity index (χ1n) is 6.79. The van der Waals surface area contributed by atoms with Gasteiger partial charge < -0.3 is 0 Å². The molecular formula is C14H19NO2S. The van der Waals surface area contributed by atoms with Crippen LogP contribution in [-0.2, 0) is 17.7 Å². The molecule has 1 amide bonds. The van der Waals surface area contributed by atoms with Gasteiger partial charge in [0.25, 0.3) is 5.91 Å². The summed E-state index contributed by atoms with van der Waals surface area (Å²) in [4.78, 5) is 19.3. The molecule has 18 heavy (non-hydrogen) atoms. The number of hydrogen-bond acceptors (Lipinski definition) is 3. The first kappa shape index (κ1) is 12.2. The minimum absolute atomic E-state index is 0.0711. The molecule has 0 bridgehead atoms. The Morgan fingerprint density at radius 3 is 3.17 bits per heavy atom. The quantitative estimate of drug-likeness (QED) is 0.781. The molecule has 3 nitrogen and oxygen atoms in total. The van der Waals surface area contributed by atoms with Gasteiger partial charge in [0.05, 0.1) is 12.2 Å². The summed E-state index contributed by atoms with van der Waals surface area (Å²) in [6, 6.07) is 0. The standard InChI is InChI=1S/C14H19NO2S/c1-10-4-5-11-12(9-18-13(11)8-10)14(16)15-6-2-3-7-17-15/h9-10H,2-8H2,1H3. The van der Waals surface area contributed by atoms with Crippen LogP contribution in [0.4, 0.5) is 0 Å². The van der Waals surface area contributed by atoms with E-state index in [4.69, 9.17) is 4.84 Å². The van der Waals surface area contributed by atoms with E-state index in [0.29, 0.717) is 6.61 Å². The lowest BCUT2D eigenvalue weighted by Crippen LogP contribution is -2.36. The average Bonchev–Trinajstić information content (AvgIpc) is 2.81. The van der Waals surface area contributed by atoms with Gasteiger partial charge >= 0.3 is 0 Å². The largest absolute Gasteiger partial charge is 0.278 e. The van der Waals surface area contributed by atoms with Gasteiger partial charge in [-0.2, -0.15) is 0 Å². The Labute approximate surface area is 112 Å². The lowest BCUT2D eigenvalue weighted by atomic mass is 9.88. The van der Waals surface area contributed by atoms with Crippen LogP contribution in [0.2, 0.25) is 0 Å². The molecule has 2 aliphatic rings. The Morgan fingerprint density at radius 1 is 1.50 bits per heavy atom. The number of fused-ring (bicyclic) bond motifs is 1. The van der Waals surface area contributed by atoms with Crippen molar-refractivity contribution < 1.29 is 9.63 Å². The first-order valence-corrected chi connectivity index (χ1v) is 7.67. The zero-order valence-electron chi connectivity index (χ0n) is 10.8. The first-order chi connectivity index (χ1) is 8.75. The van der Waals surface area contributed by atoms with E-state index in [2.05, 4.69) is 6.92 Å². The van der Waals surface area contributed by atoms with Gasteiger partial charge in [0.1, 0.15) is 0 Å². The minimum Gasteiger partial charge on any atom is -0.271 e. The third-order valence-corrected chi connectivity index (χ3v) is 4.91. The molecule has 0 spiro atoms. The lowest BCUT2D eigenvalue weighted by molar-refractivity contribution is -0.144. The van der Waals surface area contributed by atoms with E-state index in [0.717, 1.165) is 43.7 Å². The second-order valence-corrected chi connectivity index (χ2v) is 6.31. The van der Waals surface area contributed by atoms with Crippen molar-refractivity contribution in [3.05, 3.63) is 21.4 Å². The van der Waals surface area contributed by atoms with Crippen molar-refractivity contribution in [2.24, 2.45) is 5.92 Å². The topological polar surface area (TPSA) is 29.5 Å². The SMILES string of the molecule is CC1CCc2c(C(=O)N3CCCCO3)csc2C1. The van der Waals surface area contributed by atoms with Gasteiger partial charge in [0.2, 0.25) is 0 Å². The summed E-state index contributed by atoms with van der Waals surface area (Å²) in [5.74, 6) is 0.826. The molecule has 1 atom stereocenters. The highest BCUT2D eigenvalue weighted by atomic mass is 32.1. The Morgan fingerprint density at radius 2 is 2.39 bits per heavy atom. The molecule has 1 saturated heterocycles. The van der Waals surface area contributed by atoms with Crippen molar-refractivity contribution in [2.45, 2.75) is 39.0 Å². The van der Waals surface area contributed by atoms with E-state index in [1.165, 1.54) is 16.9 Å². The molecule has 1 aliphatic carbocycles. The zero-order valence-corrected chi connectivity index (χ0v) is 11.6. The summed E-state index contributed by atoms with van der Waals surface area (Å²) in [5, 5.41) is 3.59. The Bertz CT molecular complexity index is 449. The molecule has 0 aromatic carbocycles. The molecular weight excluding hydrogens is 246 g/mol. The van der Waals surface area contributed by atoms with Gasteiger partial charge in [0, 0.05) is 16.8 Å². The van der Waals surface area contributed by atoms with Gasteiger partial charge in [-0.3, -0.25) is 9.63 Å². The van der Waals surface area contributed by atoms with E-state index in [-0.39, 0.29) is 5.91 Å². The Kier molecular flexibility index (Phi) is 3.39. The fraction of sp³-hybridized carbons (Fsp3) is 0.643. The van der Waals surface area contributed by atoms with Gasteiger partial charge in [-0.05, 0) is 43.6 Å². The third kappa shape index (κ3) is 2.19. The number of hydrogen-bond donors (Lipinski definition) is 0. The Balaban J connectivity index is 1.82. The highest BCUT2D eigenvalue weighted by molar-refractivity contribution is 7.10. The van der Waals surface area contributed by atoms with E-state index in [9.17, 15) is 4.79 Å². The normalized spacial score (nSPS) is 23.8. The van der Waals surface area contributed by atoms with Crippen LogP contribution in [0.1, 0.15) is 47.0 Å². The van der Waals surface area contributed by atoms with E-state index >= 15 is 0 Å². The van der Waals surface area contributed by atoms with Crippen molar-refractivity contribution in [2.75, 3.05) is 13.2 Å². The fourth-order valence-corrected chi connectivity index (χ4v) is 3.99. The molecule has 1 aromatic heterocycles. The number of thiophene rings is 1. The molecule has 3 rings (SSSR count). The third-order valence-electron chi connectivity index (χ3n) is 3.86. The maximum Gasteiger partial charge on any atom is 0.278 e. The lowest BCUT2D eigenvalue weighted by Gasteiger charge is -2.26. The number of carbonyl (C=O) groups excluding carboxylic acids is 1. The second-order valence-electron chi connectivity index (χ2n) is 5.35. The van der Waals surface area contributed by atoms with Crippen LogP contribution in [-0.4, -0.2) is 24.1 Å². The highest BCUT2D eigenvalue weighted by Crippen LogP contribution is 2.33. The molecule has 0 saturated carbocycles. The number of amides is 1. The monoisotopic (exact) mass is 265 g/mol. The molecule has 98 valence electrons. The van der Waals surface area contributed by atoms with Crippen LogP contribution in [0, 0.1) is 5.92 Å². The number of carbonyl (C=O) groups is 1. The second kappa shape index (κ2) is 5.02. The molecule has 1 unspecified atom stereocenters. The average molecular weight is 265 g/mol. The fourth-order valence-electron chi connectivity index (χ4n) is 2.75. The Hall–Kier alpha value is -0.870. The molecule has 1 aromatic rings. The van der Waals surface area contributed by atoms with Crippen LogP contribution in [0.15, 0.2) is 5.38 Å². The molecule has 4 heteroatoms. The predicted molar refractivity (Wildman–Crippen MR) is 71.7 cm³/mol. The summed E-state index contributed by atoms with van der Waals surface area (Å²) in [6.07, 6.45) is 5.49. The van der Waals surface area contributed by atoms with Crippen LogP contribution in [0.5, 0.6) is 0 Å². The summed E-state index contributed by atoms with van der Waals surface area (Å²) >= 11 is 1.75. The van der Waals surface area contributed by atoms with Crippen LogP contribution < -0.4 is 0 Å². The highest BCUT2D eigenvalue weighted by Gasteiger charge is 2.27. The van der Waals surface area contributed by atoms with Crippen molar-refractivity contribution in [3.63, 3.8) is 0 Å². The molecule has 0 N–H and O–H groups in total. The van der Waals surface area contributed by atoms with Crippen LogP contribution >= 0.6 is 11.3 Å². The minimum atomic E-state index is 0.0711. The van der Waals surface area contributed by atoms with Crippen molar-refractivity contribution in [1.82, 2.24) is 5.06 Å². The number of rotatable bonds is 1. The molecule has 2 heterocycles. The summed E-state index contributed by atoms with van der Waals surface area (Å²) < 4.78 is 0. The van der Waals surface area contributed by atoms with E-state index in [1.807, 2.05) is 5.38 Å². The van der Waals surface area contributed by atoms with Gasteiger partial charge in [-0.25, -0.2) is 5.06 Å². The maximum atomic E-state index is 12.4. The van der Waals surface area contributed by atoms with Gasteiger partial charge in [-0.15, -0.1) is 11.3 Å². The van der Waals surface area contributed by atoms with E-state index in [1.54, 1.807) is 16.4 Å². The van der Waals surface area contributed by atoms with Crippen molar-refractivity contribution >= 4 is 17.2 Å². The zero-order chi connectivity index (χ0) is 12.5. The van der Waals surface area contributed by atoms with Crippen LogP contribution in [0.25, 0.3) is 0 Å². The van der Waals surface area contributed by atoms with Crippen molar-refractivity contribution in [3.8, 4) is 0 Å². The van der Waals surface area contributed by atoms with Gasteiger partial charge in [-0.1, -0.05) is 6.92 Å². The summed E-state index contributed by atoms with van der Waals surface area (Å²) in [7, 11) is 0. The predicted octanol–water partition coefficient (Wildman–Crippen LogP) is 3.04. The van der Waals surface area contributed by atoms with E-state index < -0.39 is 0 Å². The van der Waals surface area contributed by atoms with Crippen molar-refractivity contribution in [1.29, 1.82) is 0 Å². The number of nitrogens with zero attached hydrogens (tertiary/aromatic N) is 1. The molecule has 0 radical (unpaired) electrons. The summed E-state index contributed by atoms with van der Waals surface area (Å²) in [6.45, 7) is 3.70. The summed E-state index contributed by atoms with van der Waals surface area (Å²) in [5.41, 5.74) is 2.18. The molecule has 1 fully saturated rings. The number of hydroxylamine groups is 2. The molecule has 1 aliphatic heterocycles.